The zero-order valence-electron chi connectivity index (χ0n) is 10.4. The third-order valence-electron chi connectivity index (χ3n) is 2.81. The highest BCUT2D eigenvalue weighted by Crippen LogP contribution is 2.38. The smallest absolute Gasteiger partial charge is 0.399 e. The lowest BCUT2D eigenvalue weighted by atomic mass is 9.99. The highest BCUT2D eigenvalue weighted by molar-refractivity contribution is 5.69. The van der Waals surface area contributed by atoms with Gasteiger partial charge in [0.1, 0.15) is 0 Å². The van der Waals surface area contributed by atoms with Crippen molar-refractivity contribution in [1.29, 1.82) is 0 Å². The zero-order valence-corrected chi connectivity index (χ0v) is 10.4. The molecule has 7 heteroatoms. The molecule has 0 spiro atoms. The molecule has 2 N–H and O–H groups in total. The Morgan fingerprint density at radius 2 is 1.19 bits per heavy atom. The number of halogens is 6. The summed E-state index contributed by atoms with van der Waals surface area (Å²) in [4.78, 5) is 0. The summed E-state index contributed by atoms with van der Waals surface area (Å²) in [5.41, 5.74) is 3.04. The maximum absolute atomic E-state index is 12.7. The van der Waals surface area contributed by atoms with Gasteiger partial charge in [-0.2, -0.15) is 26.3 Å². The van der Waals surface area contributed by atoms with Gasteiger partial charge in [0.15, 0.2) is 0 Å². The Balaban J connectivity index is 2.66. The van der Waals surface area contributed by atoms with E-state index in [-0.39, 0.29) is 22.9 Å². The highest BCUT2D eigenvalue weighted by Gasteiger charge is 2.36. The van der Waals surface area contributed by atoms with Gasteiger partial charge in [0.25, 0.3) is 0 Å². The minimum Gasteiger partial charge on any atom is -0.399 e. The van der Waals surface area contributed by atoms with Crippen LogP contribution >= 0.6 is 0 Å². The summed E-state index contributed by atoms with van der Waals surface area (Å²) >= 11 is 0. The molecule has 1 nitrogen and oxygen atoms in total. The van der Waals surface area contributed by atoms with Gasteiger partial charge in [-0.15, -0.1) is 0 Å². The first kappa shape index (κ1) is 15.2. The van der Waals surface area contributed by atoms with Crippen LogP contribution in [-0.4, -0.2) is 0 Å². The standard InChI is InChI=1S/C14H9F6N/c15-13(16,17)10-4-9(5-11(7-10)14(18,19)20)8-2-1-3-12(21)6-8/h1-7H,21H2. The third-order valence-corrected chi connectivity index (χ3v) is 2.81. The van der Waals surface area contributed by atoms with Crippen LogP contribution in [0.2, 0.25) is 0 Å². The van der Waals surface area contributed by atoms with E-state index in [0.29, 0.717) is 12.1 Å². The number of hydrogen-bond donors (Lipinski definition) is 1. The van der Waals surface area contributed by atoms with E-state index in [1.165, 1.54) is 24.3 Å². The minimum atomic E-state index is -4.86. The molecule has 0 aromatic heterocycles. The predicted molar refractivity (Wildman–Crippen MR) is 66.3 cm³/mol. The maximum atomic E-state index is 12.7. The van der Waals surface area contributed by atoms with Crippen LogP contribution in [0.1, 0.15) is 11.1 Å². The van der Waals surface area contributed by atoms with E-state index < -0.39 is 23.5 Å². The SMILES string of the molecule is Nc1cccc(-c2cc(C(F)(F)F)cc(C(F)(F)F)c2)c1. The van der Waals surface area contributed by atoms with Crippen molar-refractivity contribution in [2.45, 2.75) is 12.4 Å². The Kier molecular flexibility index (Phi) is 3.61. The normalized spacial score (nSPS) is 12.5. The molecular weight excluding hydrogens is 296 g/mol. The quantitative estimate of drug-likeness (QED) is 0.584. The predicted octanol–water partition coefficient (Wildman–Crippen LogP) is 4.97. The van der Waals surface area contributed by atoms with Gasteiger partial charge in [0, 0.05) is 5.69 Å². The number of alkyl halides is 6. The van der Waals surface area contributed by atoms with Crippen molar-refractivity contribution < 1.29 is 26.3 Å². The molecule has 0 saturated heterocycles. The van der Waals surface area contributed by atoms with Gasteiger partial charge in [-0.05, 0) is 41.5 Å². The van der Waals surface area contributed by atoms with Crippen LogP contribution < -0.4 is 5.73 Å². The van der Waals surface area contributed by atoms with Crippen LogP contribution in [0.5, 0.6) is 0 Å². The van der Waals surface area contributed by atoms with Crippen LogP contribution in [0, 0.1) is 0 Å². The van der Waals surface area contributed by atoms with Crippen molar-refractivity contribution in [3.63, 3.8) is 0 Å². The third kappa shape index (κ3) is 3.48. The molecule has 2 rings (SSSR count). The van der Waals surface area contributed by atoms with Crippen LogP contribution in [0.3, 0.4) is 0 Å². The molecule has 0 fully saturated rings. The average molecular weight is 305 g/mol. The number of rotatable bonds is 1. The molecule has 2 aromatic rings. The van der Waals surface area contributed by atoms with Crippen molar-refractivity contribution in [2.75, 3.05) is 5.73 Å². The molecule has 112 valence electrons. The second-order valence-electron chi connectivity index (χ2n) is 4.42. The molecule has 0 bridgehead atoms. The number of nitrogen functional groups attached to an aromatic ring is 1. The zero-order chi connectivity index (χ0) is 15.8. The van der Waals surface area contributed by atoms with E-state index in [1.54, 1.807) is 0 Å². The van der Waals surface area contributed by atoms with Crippen LogP contribution in [-0.2, 0) is 12.4 Å². The van der Waals surface area contributed by atoms with Crippen molar-refractivity contribution in [3.8, 4) is 11.1 Å². The number of hydrogen-bond acceptors (Lipinski definition) is 1. The Hall–Kier alpha value is -2.18. The van der Waals surface area contributed by atoms with Gasteiger partial charge >= 0.3 is 12.4 Å². The first-order valence-electron chi connectivity index (χ1n) is 5.73. The molecule has 0 saturated carbocycles. The van der Waals surface area contributed by atoms with Crippen LogP contribution in [0.15, 0.2) is 42.5 Å². The molecule has 0 aliphatic carbocycles. The van der Waals surface area contributed by atoms with Crippen LogP contribution in [0.25, 0.3) is 11.1 Å². The van der Waals surface area contributed by atoms with Gasteiger partial charge in [0.2, 0.25) is 0 Å². The highest BCUT2D eigenvalue weighted by atomic mass is 19.4. The fourth-order valence-electron chi connectivity index (χ4n) is 1.84. The Morgan fingerprint density at radius 3 is 1.62 bits per heavy atom. The lowest BCUT2D eigenvalue weighted by molar-refractivity contribution is -0.143. The molecular formula is C14H9F6N. The molecule has 0 aliphatic heterocycles. The van der Waals surface area contributed by atoms with Crippen molar-refractivity contribution >= 4 is 5.69 Å². The van der Waals surface area contributed by atoms with E-state index in [0.717, 1.165) is 0 Å². The Bertz CT molecular complexity index is 625. The molecule has 21 heavy (non-hydrogen) atoms. The minimum absolute atomic E-state index is 0.0931. The maximum Gasteiger partial charge on any atom is 0.416 e. The fourth-order valence-corrected chi connectivity index (χ4v) is 1.84. The van der Waals surface area contributed by atoms with Gasteiger partial charge in [-0.1, -0.05) is 12.1 Å². The molecule has 0 radical (unpaired) electrons. The van der Waals surface area contributed by atoms with E-state index in [4.69, 9.17) is 5.73 Å². The fraction of sp³-hybridized carbons (Fsp3) is 0.143. The van der Waals surface area contributed by atoms with Crippen molar-refractivity contribution in [3.05, 3.63) is 53.6 Å². The topological polar surface area (TPSA) is 26.0 Å². The lowest BCUT2D eigenvalue weighted by Gasteiger charge is -2.14. The summed E-state index contributed by atoms with van der Waals surface area (Å²) in [6.07, 6.45) is -9.73. The molecule has 0 atom stereocenters. The number of nitrogens with two attached hydrogens (primary N) is 1. The largest absolute Gasteiger partial charge is 0.416 e. The molecule has 0 heterocycles. The summed E-state index contributed by atoms with van der Waals surface area (Å²) in [6, 6.07) is 7.09. The van der Waals surface area contributed by atoms with Crippen molar-refractivity contribution in [1.82, 2.24) is 0 Å². The van der Waals surface area contributed by atoms with E-state index in [2.05, 4.69) is 0 Å². The van der Waals surface area contributed by atoms with E-state index in [1.807, 2.05) is 0 Å². The van der Waals surface area contributed by atoms with Crippen LogP contribution in [0.4, 0.5) is 32.0 Å². The number of benzene rings is 2. The average Bonchev–Trinajstić information content (AvgIpc) is 2.36. The van der Waals surface area contributed by atoms with Gasteiger partial charge in [-0.3, -0.25) is 0 Å². The summed E-state index contributed by atoms with van der Waals surface area (Å²) in [5.74, 6) is 0. The number of anilines is 1. The second kappa shape index (κ2) is 4.98. The van der Waals surface area contributed by atoms with Gasteiger partial charge < -0.3 is 5.73 Å². The molecule has 0 amide bonds. The first-order valence-corrected chi connectivity index (χ1v) is 5.73. The lowest BCUT2D eigenvalue weighted by Crippen LogP contribution is -2.11. The van der Waals surface area contributed by atoms with Gasteiger partial charge in [-0.25, -0.2) is 0 Å². The molecule has 2 aromatic carbocycles. The summed E-state index contributed by atoms with van der Waals surface area (Å²) in [6.45, 7) is 0. The monoisotopic (exact) mass is 305 g/mol. The van der Waals surface area contributed by atoms with E-state index in [9.17, 15) is 26.3 Å². The van der Waals surface area contributed by atoms with Gasteiger partial charge in [0.05, 0.1) is 11.1 Å². The summed E-state index contributed by atoms with van der Waals surface area (Å²) in [5, 5.41) is 0. The Morgan fingerprint density at radius 1 is 0.667 bits per heavy atom. The van der Waals surface area contributed by atoms with E-state index >= 15 is 0 Å². The summed E-state index contributed by atoms with van der Waals surface area (Å²) in [7, 11) is 0. The summed E-state index contributed by atoms with van der Waals surface area (Å²) < 4.78 is 76.4. The second-order valence-corrected chi connectivity index (χ2v) is 4.42. The Labute approximate surface area is 116 Å². The van der Waals surface area contributed by atoms with Crippen molar-refractivity contribution in [2.24, 2.45) is 0 Å². The molecule has 0 aliphatic rings. The first-order chi connectivity index (χ1) is 9.57. The molecule has 0 unspecified atom stereocenters.